The van der Waals surface area contributed by atoms with Gasteiger partial charge in [0.05, 0.1) is 11.7 Å². The minimum Gasteiger partial charge on any atom is -0.481 e. The van der Waals surface area contributed by atoms with E-state index in [4.69, 9.17) is 16.7 Å². The van der Waals surface area contributed by atoms with E-state index in [1.54, 1.807) is 0 Å². The number of alkyl halides is 1. The summed E-state index contributed by atoms with van der Waals surface area (Å²) in [5.41, 5.74) is 1.42. The van der Waals surface area contributed by atoms with Crippen LogP contribution in [-0.4, -0.2) is 32.8 Å². The summed E-state index contributed by atoms with van der Waals surface area (Å²) in [5.74, 6) is -0.458. The lowest BCUT2D eigenvalue weighted by Gasteiger charge is -2.37. The van der Waals surface area contributed by atoms with Gasteiger partial charge < -0.3 is 15.3 Å². The maximum atomic E-state index is 10.6. The van der Waals surface area contributed by atoms with Crippen molar-refractivity contribution in [1.82, 2.24) is 0 Å². The minimum absolute atomic E-state index is 0.0282. The van der Waals surface area contributed by atoms with Crippen molar-refractivity contribution in [3.05, 3.63) is 35.4 Å². The number of aliphatic hydroxyl groups is 2. The molecule has 0 bridgehead atoms. The summed E-state index contributed by atoms with van der Waals surface area (Å²) in [6.07, 6.45) is 7.76. The van der Waals surface area contributed by atoms with Gasteiger partial charge in [-0.05, 0) is 55.6 Å². The number of carboxylic acids is 1. The van der Waals surface area contributed by atoms with Gasteiger partial charge in [-0.3, -0.25) is 4.79 Å². The molecule has 3 N–H and O–H groups in total. The lowest BCUT2D eigenvalue weighted by atomic mass is 9.74. The molecule has 0 heterocycles. The smallest absolute Gasteiger partial charge is 0.303 e. The highest BCUT2D eigenvalue weighted by atomic mass is 35.5. The Labute approximate surface area is 166 Å². The first-order chi connectivity index (χ1) is 12.9. The van der Waals surface area contributed by atoms with Gasteiger partial charge in [-0.1, -0.05) is 43.5 Å². The van der Waals surface area contributed by atoms with Gasteiger partial charge in [0, 0.05) is 17.7 Å². The summed E-state index contributed by atoms with van der Waals surface area (Å²) >= 11 is 6.56. The molecule has 2 aliphatic rings. The summed E-state index contributed by atoms with van der Waals surface area (Å²) in [7, 11) is 0. The van der Waals surface area contributed by atoms with E-state index >= 15 is 0 Å². The number of benzene rings is 1. The van der Waals surface area contributed by atoms with Gasteiger partial charge in [0.25, 0.3) is 0 Å². The second kappa shape index (κ2) is 8.93. The molecule has 0 aromatic heterocycles. The topological polar surface area (TPSA) is 77.8 Å². The molecule has 27 heavy (non-hydrogen) atoms. The number of halogens is 1. The fourth-order valence-electron chi connectivity index (χ4n) is 4.72. The van der Waals surface area contributed by atoms with Gasteiger partial charge >= 0.3 is 5.97 Å². The summed E-state index contributed by atoms with van der Waals surface area (Å²) in [6.45, 7) is 0. The van der Waals surface area contributed by atoms with Gasteiger partial charge in [-0.2, -0.15) is 0 Å². The zero-order valence-electron chi connectivity index (χ0n) is 15.8. The highest BCUT2D eigenvalue weighted by Crippen LogP contribution is 2.46. The zero-order valence-corrected chi connectivity index (χ0v) is 16.6. The molecule has 2 fully saturated rings. The van der Waals surface area contributed by atoms with Crippen molar-refractivity contribution in [3.8, 4) is 0 Å². The van der Waals surface area contributed by atoms with Crippen LogP contribution < -0.4 is 0 Å². The first-order valence-corrected chi connectivity index (χ1v) is 10.7. The summed E-state index contributed by atoms with van der Waals surface area (Å²) in [5, 5.41) is 29.7. The number of hydrogen-bond donors (Lipinski definition) is 3. The molecular weight excluding hydrogens is 364 g/mol. The van der Waals surface area contributed by atoms with Crippen LogP contribution in [-0.2, 0) is 10.4 Å². The Kier molecular flexibility index (Phi) is 6.83. The van der Waals surface area contributed by atoms with Crippen LogP contribution in [0, 0.1) is 5.92 Å². The molecule has 0 amide bonds. The maximum absolute atomic E-state index is 10.6. The minimum atomic E-state index is -0.732. The summed E-state index contributed by atoms with van der Waals surface area (Å²) in [4.78, 5) is 10.6. The van der Waals surface area contributed by atoms with Crippen LogP contribution in [0.25, 0.3) is 0 Å². The fraction of sp³-hybridized carbons (Fsp3) is 0.682. The Morgan fingerprint density at radius 2 is 1.78 bits per heavy atom. The predicted octanol–water partition coefficient (Wildman–Crippen LogP) is 4.56. The van der Waals surface area contributed by atoms with Gasteiger partial charge in [-0.15, -0.1) is 11.6 Å². The van der Waals surface area contributed by atoms with Crippen molar-refractivity contribution in [2.75, 3.05) is 0 Å². The molecular formula is C22H31ClO4. The Hall–Kier alpha value is -1.10. The van der Waals surface area contributed by atoms with Crippen LogP contribution in [0.3, 0.4) is 0 Å². The first-order valence-electron chi connectivity index (χ1n) is 10.3. The predicted molar refractivity (Wildman–Crippen MR) is 106 cm³/mol. The average Bonchev–Trinajstić information content (AvgIpc) is 2.89. The summed E-state index contributed by atoms with van der Waals surface area (Å²) < 4.78 is 0. The van der Waals surface area contributed by atoms with Crippen molar-refractivity contribution in [3.63, 3.8) is 0 Å². The molecule has 4 nitrogen and oxygen atoms in total. The normalized spacial score (nSPS) is 29.4. The van der Waals surface area contributed by atoms with E-state index in [9.17, 15) is 15.0 Å². The molecule has 1 aromatic rings. The molecule has 2 saturated carbocycles. The molecule has 3 rings (SSSR count). The van der Waals surface area contributed by atoms with Crippen LogP contribution >= 0.6 is 11.6 Å². The lowest BCUT2D eigenvalue weighted by molar-refractivity contribution is -0.137. The monoisotopic (exact) mass is 394 g/mol. The molecule has 4 atom stereocenters. The van der Waals surface area contributed by atoms with Crippen LogP contribution in [0.1, 0.15) is 81.3 Å². The highest BCUT2D eigenvalue weighted by molar-refractivity contribution is 6.21. The lowest BCUT2D eigenvalue weighted by Crippen LogP contribution is -2.33. The van der Waals surface area contributed by atoms with E-state index < -0.39 is 17.7 Å². The van der Waals surface area contributed by atoms with E-state index in [2.05, 4.69) is 0 Å². The van der Waals surface area contributed by atoms with Gasteiger partial charge in [0.2, 0.25) is 0 Å². The Morgan fingerprint density at radius 3 is 2.37 bits per heavy atom. The van der Waals surface area contributed by atoms with Crippen LogP contribution in [0.5, 0.6) is 0 Å². The number of carbonyl (C=O) groups is 1. The van der Waals surface area contributed by atoms with Crippen LogP contribution in [0.2, 0.25) is 0 Å². The van der Waals surface area contributed by atoms with Crippen molar-refractivity contribution in [2.24, 2.45) is 5.92 Å². The largest absolute Gasteiger partial charge is 0.481 e. The van der Waals surface area contributed by atoms with Crippen molar-refractivity contribution in [1.29, 1.82) is 0 Å². The second-order valence-electron chi connectivity index (χ2n) is 8.36. The number of carboxylic acid groups (broad SMARTS) is 1. The highest BCUT2D eigenvalue weighted by Gasteiger charge is 2.42. The van der Waals surface area contributed by atoms with E-state index in [0.29, 0.717) is 6.42 Å². The number of aliphatic hydroxyl groups excluding tert-OH is 1. The van der Waals surface area contributed by atoms with Gasteiger partial charge in [-0.25, -0.2) is 0 Å². The third kappa shape index (κ3) is 4.85. The maximum Gasteiger partial charge on any atom is 0.303 e. The second-order valence-corrected chi connectivity index (χ2v) is 8.92. The van der Waals surface area contributed by atoms with Gasteiger partial charge in [0.15, 0.2) is 0 Å². The fourth-order valence-corrected chi connectivity index (χ4v) is 5.18. The molecule has 0 unspecified atom stereocenters. The van der Waals surface area contributed by atoms with E-state index in [1.165, 1.54) is 0 Å². The zero-order chi connectivity index (χ0) is 19.4. The number of unbranched alkanes of at least 4 members (excludes halogenated alkanes) is 3. The molecule has 0 saturated heterocycles. The average molecular weight is 395 g/mol. The van der Waals surface area contributed by atoms with E-state index in [1.807, 2.05) is 24.3 Å². The van der Waals surface area contributed by atoms with Crippen molar-refractivity contribution < 1.29 is 20.1 Å². The quantitative estimate of drug-likeness (QED) is 0.424. The standard InChI is InChI=1S/C22H31ClO4/c23-18-14-19(24)21(17(18)6-3-1-2-4-7-20(25)26)15-8-10-16(11-9-15)22(27)12-5-13-22/h8-11,17-19,21,24,27H,1-7,12-14H2,(H,25,26)/t17-,18+,19+,21+/m0/s1. The molecule has 150 valence electrons. The Morgan fingerprint density at radius 1 is 1.11 bits per heavy atom. The van der Waals surface area contributed by atoms with Crippen LogP contribution in [0.4, 0.5) is 0 Å². The third-order valence-electron chi connectivity index (χ3n) is 6.50. The molecule has 0 radical (unpaired) electrons. The van der Waals surface area contributed by atoms with Crippen LogP contribution in [0.15, 0.2) is 24.3 Å². The molecule has 2 aliphatic carbocycles. The molecule has 0 aliphatic heterocycles. The molecule has 5 heteroatoms. The first kappa shape index (κ1) is 20.6. The number of hydrogen-bond acceptors (Lipinski definition) is 3. The van der Waals surface area contributed by atoms with Gasteiger partial charge in [0.1, 0.15) is 0 Å². The molecule has 1 aromatic carbocycles. The number of rotatable bonds is 9. The van der Waals surface area contributed by atoms with E-state index in [0.717, 1.165) is 62.5 Å². The van der Waals surface area contributed by atoms with Crippen molar-refractivity contribution in [2.45, 2.75) is 87.2 Å². The molecule has 0 spiro atoms. The van der Waals surface area contributed by atoms with Crippen molar-refractivity contribution >= 4 is 17.6 Å². The van der Waals surface area contributed by atoms with E-state index in [-0.39, 0.29) is 23.6 Å². The number of aliphatic carboxylic acids is 1. The Bertz CT molecular complexity index is 626. The summed E-state index contributed by atoms with van der Waals surface area (Å²) in [6, 6.07) is 8.11. The SMILES string of the molecule is O=C(O)CCCCCC[C@@H]1[C@@H](c2ccc(C3(O)CCC3)cc2)[C@H](O)C[C@H]1Cl. The third-order valence-corrected chi connectivity index (χ3v) is 7.00. The Balaban J connectivity index is 1.57.